The van der Waals surface area contributed by atoms with Gasteiger partial charge in [0.05, 0.1) is 5.56 Å². The number of halogens is 3. The van der Waals surface area contributed by atoms with Crippen molar-refractivity contribution in [2.24, 2.45) is 11.8 Å². The smallest absolute Gasteiger partial charge is 0.166 e. The first-order valence-electron chi connectivity index (χ1n) is 8.83. The molecule has 1 aromatic carbocycles. The largest absolute Gasteiger partial charge is 0.416 e. The Morgan fingerprint density at radius 3 is 2.04 bits per heavy atom. The molecule has 128 valence electrons. The molecule has 0 aromatic heterocycles. The highest BCUT2D eigenvalue weighted by Gasteiger charge is 2.29. The number of hydrogen-bond acceptors (Lipinski definition) is 0. The zero-order chi connectivity index (χ0) is 16.7. The second-order valence-electron chi connectivity index (χ2n) is 6.77. The third-order valence-electron chi connectivity index (χ3n) is 4.95. The van der Waals surface area contributed by atoms with Crippen LogP contribution in [0, 0.1) is 11.8 Å². The summed E-state index contributed by atoms with van der Waals surface area (Å²) in [6, 6.07) is 5.37. The summed E-state index contributed by atoms with van der Waals surface area (Å²) in [5.74, 6) is 1.78. The van der Waals surface area contributed by atoms with Crippen LogP contribution in [-0.4, -0.2) is 0 Å². The standard InChI is InChI=1S/C20H27F3/c1-2-5-16-8-10-17(11-9-16)6-3-4-7-18-12-14-19(15-13-18)20(21,22)23/h4,7,12-17H,2-3,5-6,8-11H2,1H3. The highest BCUT2D eigenvalue weighted by atomic mass is 19.4. The Morgan fingerprint density at radius 2 is 1.52 bits per heavy atom. The molecule has 1 fully saturated rings. The highest BCUT2D eigenvalue weighted by molar-refractivity contribution is 5.49. The van der Waals surface area contributed by atoms with Gasteiger partial charge in [-0.15, -0.1) is 0 Å². The average Bonchev–Trinajstić information content (AvgIpc) is 2.53. The Hall–Kier alpha value is -1.25. The van der Waals surface area contributed by atoms with Crippen LogP contribution in [0.5, 0.6) is 0 Å². The fraction of sp³-hybridized carbons (Fsp3) is 0.600. The van der Waals surface area contributed by atoms with Gasteiger partial charge in [-0.25, -0.2) is 0 Å². The van der Waals surface area contributed by atoms with Gasteiger partial charge in [0.2, 0.25) is 0 Å². The van der Waals surface area contributed by atoms with Crippen LogP contribution < -0.4 is 0 Å². The van der Waals surface area contributed by atoms with E-state index in [4.69, 9.17) is 0 Å². The predicted molar refractivity (Wildman–Crippen MR) is 90.1 cm³/mol. The summed E-state index contributed by atoms with van der Waals surface area (Å²) in [6.07, 6.45) is 10.1. The molecule has 0 nitrogen and oxygen atoms in total. The monoisotopic (exact) mass is 324 g/mol. The third kappa shape index (κ3) is 6.04. The molecular formula is C20H27F3. The van der Waals surface area contributed by atoms with Crippen molar-refractivity contribution in [1.29, 1.82) is 0 Å². The lowest BCUT2D eigenvalue weighted by Crippen LogP contribution is -2.14. The SMILES string of the molecule is CCCC1CCC(CCC=Cc2ccc(C(F)(F)F)cc2)CC1. The fourth-order valence-corrected chi connectivity index (χ4v) is 3.55. The zero-order valence-electron chi connectivity index (χ0n) is 13.9. The summed E-state index contributed by atoms with van der Waals surface area (Å²) in [7, 11) is 0. The normalized spacial score (nSPS) is 22.6. The Morgan fingerprint density at radius 1 is 0.957 bits per heavy atom. The zero-order valence-corrected chi connectivity index (χ0v) is 13.9. The maximum absolute atomic E-state index is 12.5. The molecule has 0 radical (unpaired) electrons. The van der Waals surface area contributed by atoms with Crippen LogP contribution in [0.2, 0.25) is 0 Å². The van der Waals surface area contributed by atoms with Crippen LogP contribution in [0.15, 0.2) is 30.3 Å². The minimum absolute atomic E-state index is 0.585. The Labute approximate surface area is 137 Å². The number of rotatable bonds is 6. The topological polar surface area (TPSA) is 0 Å². The van der Waals surface area contributed by atoms with E-state index in [9.17, 15) is 13.2 Å². The van der Waals surface area contributed by atoms with Crippen molar-refractivity contribution in [3.63, 3.8) is 0 Å². The summed E-state index contributed by atoms with van der Waals surface area (Å²) in [5, 5.41) is 0. The van der Waals surface area contributed by atoms with Gasteiger partial charge in [0.15, 0.2) is 0 Å². The molecule has 1 aromatic rings. The van der Waals surface area contributed by atoms with Gasteiger partial charge in [0, 0.05) is 0 Å². The number of hydrogen-bond donors (Lipinski definition) is 0. The maximum Gasteiger partial charge on any atom is 0.416 e. The van der Waals surface area contributed by atoms with Crippen LogP contribution in [0.1, 0.15) is 69.4 Å². The van der Waals surface area contributed by atoms with Gasteiger partial charge in [0.1, 0.15) is 0 Å². The van der Waals surface area contributed by atoms with E-state index in [-0.39, 0.29) is 0 Å². The molecule has 0 aliphatic heterocycles. The highest BCUT2D eigenvalue weighted by Crippen LogP contribution is 2.34. The van der Waals surface area contributed by atoms with Crippen molar-refractivity contribution in [3.05, 3.63) is 41.5 Å². The van der Waals surface area contributed by atoms with Gasteiger partial charge < -0.3 is 0 Å². The van der Waals surface area contributed by atoms with Crippen LogP contribution in [0.3, 0.4) is 0 Å². The van der Waals surface area contributed by atoms with E-state index in [0.717, 1.165) is 36.0 Å². The van der Waals surface area contributed by atoms with Gasteiger partial charge >= 0.3 is 6.18 Å². The fourth-order valence-electron chi connectivity index (χ4n) is 3.55. The second kappa shape index (κ2) is 8.56. The van der Waals surface area contributed by atoms with Crippen molar-refractivity contribution >= 4 is 6.08 Å². The summed E-state index contributed by atoms with van der Waals surface area (Å²) >= 11 is 0. The molecule has 3 heteroatoms. The van der Waals surface area contributed by atoms with Crippen LogP contribution in [0.4, 0.5) is 13.2 Å². The Bertz CT molecular complexity index is 477. The van der Waals surface area contributed by atoms with E-state index >= 15 is 0 Å². The molecule has 0 atom stereocenters. The maximum atomic E-state index is 12.5. The molecule has 0 N–H and O–H groups in total. The van der Waals surface area contributed by atoms with Gasteiger partial charge in [0.25, 0.3) is 0 Å². The minimum atomic E-state index is -4.25. The molecule has 0 bridgehead atoms. The molecule has 23 heavy (non-hydrogen) atoms. The molecule has 0 spiro atoms. The molecule has 1 saturated carbocycles. The van der Waals surface area contributed by atoms with Crippen LogP contribution in [0.25, 0.3) is 6.08 Å². The molecule has 1 aliphatic rings. The molecular weight excluding hydrogens is 297 g/mol. The van der Waals surface area contributed by atoms with E-state index in [0.29, 0.717) is 0 Å². The second-order valence-corrected chi connectivity index (χ2v) is 6.77. The molecule has 0 saturated heterocycles. The predicted octanol–water partition coefficient (Wildman–Crippen LogP) is 7.11. The van der Waals surface area contributed by atoms with E-state index in [2.05, 4.69) is 13.0 Å². The molecule has 2 rings (SSSR count). The lowest BCUT2D eigenvalue weighted by molar-refractivity contribution is -0.137. The first kappa shape index (κ1) is 18.1. The van der Waals surface area contributed by atoms with E-state index < -0.39 is 11.7 Å². The number of allylic oxidation sites excluding steroid dienone is 1. The van der Waals surface area contributed by atoms with Crippen LogP contribution in [-0.2, 0) is 6.18 Å². The van der Waals surface area contributed by atoms with Gasteiger partial charge in [-0.1, -0.05) is 69.7 Å². The number of alkyl halides is 3. The van der Waals surface area contributed by atoms with Gasteiger partial charge in [-0.2, -0.15) is 13.2 Å². The Kier molecular flexibility index (Phi) is 6.73. The summed E-state index contributed by atoms with van der Waals surface area (Å²) in [6.45, 7) is 2.26. The van der Waals surface area contributed by atoms with E-state index in [1.54, 1.807) is 0 Å². The van der Waals surface area contributed by atoms with E-state index in [1.165, 1.54) is 57.1 Å². The van der Waals surface area contributed by atoms with Gasteiger partial charge in [-0.3, -0.25) is 0 Å². The first-order valence-corrected chi connectivity index (χ1v) is 8.83. The summed E-state index contributed by atoms with van der Waals surface area (Å²) in [5.41, 5.74) is 0.253. The minimum Gasteiger partial charge on any atom is -0.166 e. The van der Waals surface area contributed by atoms with Crippen molar-refractivity contribution < 1.29 is 13.2 Å². The molecule has 0 heterocycles. The van der Waals surface area contributed by atoms with Crippen LogP contribution >= 0.6 is 0 Å². The van der Waals surface area contributed by atoms with Crippen molar-refractivity contribution in [1.82, 2.24) is 0 Å². The van der Waals surface area contributed by atoms with Crippen molar-refractivity contribution in [3.8, 4) is 0 Å². The lowest BCUT2D eigenvalue weighted by atomic mass is 9.78. The molecule has 1 aliphatic carbocycles. The quantitative estimate of drug-likeness (QED) is 0.523. The summed E-state index contributed by atoms with van der Waals surface area (Å²) in [4.78, 5) is 0. The first-order chi connectivity index (χ1) is 11.0. The van der Waals surface area contributed by atoms with Gasteiger partial charge in [-0.05, 0) is 42.4 Å². The average molecular weight is 324 g/mol. The molecule has 0 unspecified atom stereocenters. The lowest BCUT2D eigenvalue weighted by Gasteiger charge is -2.28. The summed E-state index contributed by atoms with van der Waals surface area (Å²) < 4.78 is 37.5. The van der Waals surface area contributed by atoms with E-state index in [1.807, 2.05) is 6.08 Å². The molecule has 0 amide bonds. The number of benzene rings is 1. The Balaban J connectivity index is 1.71. The third-order valence-corrected chi connectivity index (χ3v) is 4.95. The van der Waals surface area contributed by atoms with Crippen molar-refractivity contribution in [2.75, 3.05) is 0 Å². The van der Waals surface area contributed by atoms with Crippen molar-refractivity contribution in [2.45, 2.75) is 64.5 Å².